The summed E-state index contributed by atoms with van der Waals surface area (Å²) in [5, 5.41) is 7.49. The molecule has 0 spiro atoms. The number of hydrogen-bond donors (Lipinski definition) is 0. The van der Waals surface area contributed by atoms with Crippen molar-refractivity contribution in [2.45, 2.75) is 18.2 Å². The van der Waals surface area contributed by atoms with Crippen LogP contribution in [0, 0.1) is 0 Å². The van der Waals surface area contributed by atoms with Gasteiger partial charge in [-0.1, -0.05) is 36.2 Å². The molecule has 0 atom stereocenters. The van der Waals surface area contributed by atoms with Crippen LogP contribution in [0.15, 0.2) is 52.5 Å². The van der Waals surface area contributed by atoms with Gasteiger partial charge >= 0.3 is 0 Å². The number of nitrogens with zero attached hydrogens (tertiary/aromatic N) is 2. The Kier molecular flexibility index (Phi) is 4.85. The van der Waals surface area contributed by atoms with Crippen LogP contribution in [-0.2, 0) is 9.84 Å². The Balaban J connectivity index is 1.84. The molecule has 0 aliphatic carbocycles. The largest absolute Gasteiger partial charge is 0.265 e. The number of hydrazone groups is 1. The monoisotopic (exact) mass is 382 g/mol. The van der Waals surface area contributed by atoms with Crippen LogP contribution in [0.2, 0.25) is 10.0 Å². The molecule has 4 nitrogen and oxygen atoms in total. The van der Waals surface area contributed by atoms with E-state index in [9.17, 15) is 8.42 Å². The number of hydrogen-bond acceptors (Lipinski definition) is 4. The van der Waals surface area contributed by atoms with Gasteiger partial charge in [0.25, 0.3) is 0 Å². The van der Waals surface area contributed by atoms with Gasteiger partial charge in [0.15, 0.2) is 9.84 Å². The third kappa shape index (κ3) is 3.43. The predicted octanol–water partition coefficient (Wildman–Crippen LogP) is 4.40. The van der Waals surface area contributed by atoms with E-state index in [1.165, 1.54) is 0 Å². The first-order chi connectivity index (χ1) is 11.4. The summed E-state index contributed by atoms with van der Waals surface area (Å²) < 4.78 is 23.7. The maximum Gasteiger partial charge on any atom is 0.178 e. The van der Waals surface area contributed by atoms with Gasteiger partial charge in [-0.05, 0) is 42.0 Å². The van der Waals surface area contributed by atoms with E-state index in [0.29, 0.717) is 14.9 Å². The van der Waals surface area contributed by atoms with Crippen LogP contribution in [-0.4, -0.2) is 26.4 Å². The Morgan fingerprint density at radius 3 is 2.42 bits per heavy atom. The molecule has 0 unspecified atom stereocenters. The quantitative estimate of drug-likeness (QED) is 0.786. The fourth-order valence-electron chi connectivity index (χ4n) is 2.51. The molecule has 0 radical (unpaired) electrons. The zero-order valence-electron chi connectivity index (χ0n) is 13.0. The minimum atomic E-state index is -3.18. The summed E-state index contributed by atoms with van der Waals surface area (Å²) in [7, 11) is -3.18. The van der Waals surface area contributed by atoms with Gasteiger partial charge in [-0.25, -0.2) is 8.42 Å². The van der Waals surface area contributed by atoms with Crippen molar-refractivity contribution in [3.05, 3.63) is 58.1 Å². The molecule has 24 heavy (non-hydrogen) atoms. The Hall–Kier alpha value is -1.56. The molecule has 0 saturated heterocycles. The summed E-state index contributed by atoms with van der Waals surface area (Å²) in [6, 6.07) is 12.3. The fraction of sp³-hybridized carbons (Fsp3) is 0.235. The zero-order chi connectivity index (χ0) is 17.3. The zero-order valence-corrected chi connectivity index (χ0v) is 15.4. The van der Waals surface area contributed by atoms with Gasteiger partial charge in [0.1, 0.15) is 0 Å². The van der Waals surface area contributed by atoms with E-state index in [4.69, 9.17) is 23.2 Å². The minimum Gasteiger partial charge on any atom is -0.265 e. The number of benzene rings is 2. The van der Waals surface area contributed by atoms with Crippen LogP contribution in [0.4, 0.5) is 5.69 Å². The second-order valence-corrected chi connectivity index (χ2v) is 8.54. The molecule has 1 heterocycles. The van der Waals surface area contributed by atoms with Gasteiger partial charge in [-0.15, -0.1) is 0 Å². The molecule has 1 aliphatic rings. The normalized spacial score (nSPS) is 14.8. The fourth-order valence-corrected chi connectivity index (χ4v) is 3.70. The van der Waals surface area contributed by atoms with E-state index in [2.05, 4.69) is 5.10 Å². The van der Waals surface area contributed by atoms with Crippen molar-refractivity contribution in [1.29, 1.82) is 0 Å². The van der Waals surface area contributed by atoms with Crippen molar-refractivity contribution in [2.24, 2.45) is 5.10 Å². The molecule has 0 N–H and O–H groups in total. The van der Waals surface area contributed by atoms with Crippen molar-refractivity contribution in [1.82, 2.24) is 0 Å². The van der Waals surface area contributed by atoms with Crippen LogP contribution in [0.5, 0.6) is 0 Å². The Morgan fingerprint density at radius 1 is 1.08 bits per heavy atom. The van der Waals surface area contributed by atoms with E-state index in [-0.39, 0.29) is 5.75 Å². The van der Waals surface area contributed by atoms with Gasteiger partial charge in [0.2, 0.25) is 0 Å². The van der Waals surface area contributed by atoms with Gasteiger partial charge in [0, 0.05) is 13.0 Å². The maximum absolute atomic E-state index is 11.9. The van der Waals surface area contributed by atoms with Crippen molar-refractivity contribution < 1.29 is 8.42 Å². The van der Waals surface area contributed by atoms with Crippen LogP contribution in [0.3, 0.4) is 0 Å². The number of rotatable bonds is 4. The highest BCUT2D eigenvalue weighted by Crippen LogP contribution is 2.27. The molecule has 0 saturated carbocycles. The number of anilines is 1. The van der Waals surface area contributed by atoms with Gasteiger partial charge < -0.3 is 0 Å². The van der Waals surface area contributed by atoms with Crippen molar-refractivity contribution >= 4 is 44.4 Å². The van der Waals surface area contributed by atoms with Gasteiger partial charge in [-0.3, -0.25) is 5.01 Å². The van der Waals surface area contributed by atoms with Crippen LogP contribution < -0.4 is 5.01 Å². The van der Waals surface area contributed by atoms with Crippen molar-refractivity contribution in [3.8, 4) is 0 Å². The van der Waals surface area contributed by atoms with E-state index in [1.807, 2.05) is 17.1 Å². The summed E-state index contributed by atoms with van der Waals surface area (Å²) in [5.74, 6) is 0.0929. The van der Waals surface area contributed by atoms with E-state index in [0.717, 1.165) is 29.9 Å². The molecule has 7 heteroatoms. The van der Waals surface area contributed by atoms with Gasteiger partial charge in [0.05, 0.1) is 32.1 Å². The molecule has 1 aliphatic heterocycles. The summed E-state index contributed by atoms with van der Waals surface area (Å²) in [4.78, 5) is 0.335. The molecular weight excluding hydrogens is 367 g/mol. The van der Waals surface area contributed by atoms with Gasteiger partial charge in [-0.2, -0.15) is 5.10 Å². The maximum atomic E-state index is 11.9. The van der Waals surface area contributed by atoms with E-state index >= 15 is 0 Å². The highest BCUT2D eigenvalue weighted by atomic mass is 35.5. The summed E-state index contributed by atoms with van der Waals surface area (Å²) in [6.45, 7) is 2.37. The van der Waals surface area contributed by atoms with Crippen molar-refractivity contribution in [3.63, 3.8) is 0 Å². The molecule has 0 aromatic heterocycles. The van der Waals surface area contributed by atoms with Crippen LogP contribution >= 0.6 is 23.2 Å². The lowest BCUT2D eigenvalue weighted by Crippen LogP contribution is -2.12. The Labute approximate surface area is 151 Å². The molecule has 0 bridgehead atoms. The smallest absolute Gasteiger partial charge is 0.178 e. The number of halogens is 2. The third-order valence-corrected chi connectivity index (χ3v) is 6.42. The molecular formula is C17H16Cl2N2O2S. The second kappa shape index (κ2) is 6.75. The molecule has 3 rings (SSSR count). The van der Waals surface area contributed by atoms with Crippen molar-refractivity contribution in [2.75, 3.05) is 17.3 Å². The Morgan fingerprint density at radius 2 is 1.79 bits per heavy atom. The number of sulfone groups is 1. The molecule has 0 amide bonds. The first-order valence-corrected chi connectivity index (χ1v) is 9.95. The molecule has 2 aromatic carbocycles. The average molecular weight is 383 g/mol. The summed E-state index contributed by atoms with van der Waals surface area (Å²) in [6.07, 6.45) is 0.785. The molecule has 126 valence electrons. The lowest BCUT2D eigenvalue weighted by atomic mass is 10.1. The van der Waals surface area contributed by atoms with Crippen LogP contribution in [0.25, 0.3) is 0 Å². The first-order valence-electron chi connectivity index (χ1n) is 7.54. The topological polar surface area (TPSA) is 49.7 Å². The highest BCUT2D eigenvalue weighted by Gasteiger charge is 2.19. The SMILES string of the molecule is CCS(=O)(=O)c1ccc(N2CCC(c3ccc(Cl)c(Cl)c3)=N2)cc1. The second-order valence-electron chi connectivity index (χ2n) is 5.45. The Bertz CT molecular complexity index is 893. The van der Waals surface area contributed by atoms with Crippen LogP contribution in [0.1, 0.15) is 18.9 Å². The van der Waals surface area contributed by atoms with E-state index < -0.39 is 9.84 Å². The average Bonchev–Trinajstić information content (AvgIpc) is 3.07. The highest BCUT2D eigenvalue weighted by molar-refractivity contribution is 7.91. The lowest BCUT2D eigenvalue weighted by Gasteiger charge is -2.13. The summed E-state index contributed by atoms with van der Waals surface area (Å²) in [5.41, 5.74) is 2.73. The first kappa shape index (κ1) is 17.3. The lowest BCUT2D eigenvalue weighted by molar-refractivity contribution is 0.597. The molecule has 0 fully saturated rings. The minimum absolute atomic E-state index is 0.0929. The summed E-state index contributed by atoms with van der Waals surface area (Å²) >= 11 is 12.0. The standard InChI is InChI=1S/C17H16Cl2N2O2S/c1-2-24(22,23)14-6-4-13(5-7-14)21-10-9-17(20-21)12-3-8-15(18)16(19)11-12/h3-8,11H,2,9-10H2,1H3. The third-order valence-electron chi connectivity index (χ3n) is 3.93. The van der Waals surface area contributed by atoms with E-state index in [1.54, 1.807) is 37.3 Å². The molecule has 2 aromatic rings. The predicted molar refractivity (Wildman–Crippen MR) is 99.1 cm³/mol.